The van der Waals surface area contributed by atoms with E-state index in [0.717, 1.165) is 26.2 Å². The summed E-state index contributed by atoms with van der Waals surface area (Å²) >= 11 is 2.01. The van der Waals surface area contributed by atoms with Crippen LogP contribution in [0, 0.1) is 6.92 Å². The molecule has 19 heavy (non-hydrogen) atoms. The van der Waals surface area contributed by atoms with Crippen molar-refractivity contribution in [3.63, 3.8) is 0 Å². The van der Waals surface area contributed by atoms with Gasteiger partial charge in [0.1, 0.15) is 5.76 Å². The zero-order valence-corrected chi connectivity index (χ0v) is 12.0. The van der Waals surface area contributed by atoms with Crippen molar-refractivity contribution in [3.8, 4) is 0 Å². The molecule has 2 heterocycles. The Balaban J connectivity index is 1.70. The second kappa shape index (κ2) is 6.98. The summed E-state index contributed by atoms with van der Waals surface area (Å²) in [6.45, 7) is 6.59. The molecule has 0 amide bonds. The Hall–Kier alpha value is -0.980. The molecule has 1 aliphatic rings. The number of nitrogens with one attached hydrogen (secondary N) is 1. The first-order valence-corrected chi connectivity index (χ1v) is 7.65. The third-order valence-electron chi connectivity index (χ3n) is 3.17. The molecule has 6 heteroatoms. The Morgan fingerprint density at radius 1 is 1.53 bits per heavy atom. The van der Waals surface area contributed by atoms with Crippen LogP contribution in [0.5, 0.6) is 0 Å². The van der Waals surface area contributed by atoms with E-state index in [4.69, 9.17) is 9.52 Å². The molecular formula is C13H20N2O3S. The molecule has 106 valence electrons. The molecule has 2 N–H and O–H groups in total. The minimum Gasteiger partial charge on any atom is -0.475 e. The van der Waals surface area contributed by atoms with Gasteiger partial charge in [0, 0.05) is 43.2 Å². The molecular weight excluding hydrogens is 264 g/mol. The van der Waals surface area contributed by atoms with E-state index < -0.39 is 5.97 Å². The maximum atomic E-state index is 10.8. The summed E-state index contributed by atoms with van der Waals surface area (Å²) in [5.74, 6) is 2.17. The van der Waals surface area contributed by atoms with Crippen molar-refractivity contribution >= 4 is 17.7 Å². The molecule has 0 radical (unpaired) electrons. The molecule has 0 atom stereocenters. The normalized spacial score (nSPS) is 16.7. The van der Waals surface area contributed by atoms with Gasteiger partial charge in [-0.3, -0.25) is 0 Å². The van der Waals surface area contributed by atoms with Crippen LogP contribution in [0.15, 0.2) is 10.5 Å². The van der Waals surface area contributed by atoms with E-state index in [1.165, 1.54) is 11.5 Å². The van der Waals surface area contributed by atoms with Gasteiger partial charge in [-0.2, -0.15) is 11.8 Å². The van der Waals surface area contributed by atoms with Gasteiger partial charge in [0.05, 0.1) is 6.54 Å². The number of carboxylic acid groups (broad SMARTS) is 1. The quantitative estimate of drug-likeness (QED) is 0.770. The highest BCUT2D eigenvalue weighted by atomic mass is 32.2. The summed E-state index contributed by atoms with van der Waals surface area (Å²) in [7, 11) is 0. The smallest absolute Gasteiger partial charge is 0.372 e. The largest absolute Gasteiger partial charge is 0.475 e. The summed E-state index contributed by atoms with van der Waals surface area (Å²) in [6.07, 6.45) is 0. The molecule has 0 saturated carbocycles. The molecule has 1 aromatic heterocycles. The number of hydrogen-bond donors (Lipinski definition) is 2. The molecule has 1 saturated heterocycles. The van der Waals surface area contributed by atoms with Crippen molar-refractivity contribution in [2.45, 2.75) is 13.5 Å². The summed E-state index contributed by atoms with van der Waals surface area (Å²) in [5, 5.41) is 12.2. The zero-order chi connectivity index (χ0) is 13.7. The van der Waals surface area contributed by atoms with Crippen LogP contribution in [0.2, 0.25) is 0 Å². The number of aromatic carboxylic acids is 1. The van der Waals surface area contributed by atoms with Gasteiger partial charge in [0.2, 0.25) is 5.76 Å². The Bertz CT molecular complexity index is 428. The van der Waals surface area contributed by atoms with Crippen LogP contribution in [0.25, 0.3) is 0 Å². The second-order valence-corrected chi connectivity index (χ2v) is 5.89. The molecule has 0 aliphatic carbocycles. The third kappa shape index (κ3) is 4.26. The lowest BCUT2D eigenvalue weighted by Gasteiger charge is -2.25. The van der Waals surface area contributed by atoms with Crippen molar-refractivity contribution in [1.29, 1.82) is 0 Å². The van der Waals surface area contributed by atoms with E-state index in [1.54, 1.807) is 13.0 Å². The standard InChI is InChI=1S/C13H20N2O3S/c1-10-8-11(18-12(10)13(16)17)9-14-2-3-15-4-6-19-7-5-15/h8,14H,2-7,9H2,1H3,(H,16,17). The maximum absolute atomic E-state index is 10.8. The topological polar surface area (TPSA) is 65.7 Å². The number of furan rings is 1. The highest BCUT2D eigenvalue weighted by molar-refractivity contribution is 7.99. The Morgan fingerprint density at radius 2 is 2.26 bits per heavy atom. The molecule has 1 aliphatic heterocycles. The van der Waals surface area contributed by atoms with Gasteiger partial charge in [0.15, 0.2) is 0 Å². The van der Waals surface area contributed by atoms with E-state index in [1.807, 2.05) is 11.8 Å². The van der Waals surface area contributed by atoms with Crippen molar-refractivity contribution in [2.75, 3.05) is 37.7 Å². The fourth-order valence-electron chi connectivity index (χ4n) is 2.12. The number of rotatable bonds is 6. The molecule has 0 aromatic carbocycles. The summed E-state index contributed by atoms with van der Waals surface area (Å²) in [6, 6.07) is 1.79. The van der Waals surface area contributed by atoms with Crippen molar-refractivity contribution in [1.82, 2.24) is 10.2 Å². The fourth-order valence-corrected chi connectivity index (χ4v) is 3.10. The van der Waals surface area contributed by atoms with Gasteiger partial charge in [-0.05, 0) is 13.0 Å². The predicted octanol–water partition coefficient (Wildman–Crippen LogP) is 1.42. The summed E-state index contributed by atoms with van der Waals surface area (Å²) in [5.41, 5.74) is 0.678. The second-order valence-electron chi connectivity index (χ2n) is 4.66. The third-order valence-corrected chi connectivity index (χ3v) is 4.11. The Morgan fingerprint density at radius 3 is 2.89 bits per heavy atom. The lowest BCUT2D eigenvalue weighted by Crippen LogP contribution is -2.37. The average Bonchev–Trinajstić information content (AvgIpc) is 2.77. The van der Waals surface area contributed by atoms with Crippen molar-refractivity contribution in [3.05, 3.63) is 23.2 Å². The van der Waals surface area contributed by atoms with Crippen LogP contribution < -0.4 is 5.32 Å². The van der Waals surface area contributed by atoms with E-state index in [-0.39, 0.29) is 5.76 Å². The van der Waals surface area contributed by atoms with Gasteiger partial charge in [-0.25, -0.2) is 4.79 Å². The SMILES string of the molecule is Cc1cc(CNCCN2CCSCC2)oc1C(=O)O. The molecule has 1 aromatic rings. The molecule has 0 bridgehead atoms. The van der Waals surface area contributed by atoms with Gasteiger partial charge >= 0.3 is 5.97 Å². The van der Waals surface area contributed by atoms with Gasteiger partial charge in [0.25, 0.3) is 0 Å². The number of aryl methyl sites for hydroxylation is 1. The van der Waals surface area contributed by atoms with Crippen LogP contribution in [-0.2, 0) is 6.54 Å². The number of thioether (sulfide) groups is 1. The first-order chi connectivity index (χ1) is 9.16. The number of carboxylic acids is 1. The average molecular weight is 284 g/mol. The van der Waals surface area contributed by atoms with Crippen LogP contribution in [0.1, 0.15) is 21.9 Å². The van der Waals surface area contributed by atoms with E-state index in [9.17, 15) is 4.79 Å². The van der Waals surface area contributed by atoms with Crippen LogP contribution in [-0.4, -0.2) is 53.7 Å². The molecule has 2 rings (SSSR count). The number of nitrogens with zero attached hydrogens (tertiary/aromatic N) is 1. The molecule has 0 unspecified atom stereocenters. The Labute approximate surface area is 117 Å². The summed E-state index contributed by atoms with van der Waals surface area (Å²) in [4.78, 5) is 13.3. The first kappa shape index (κ1) is 14.4. The van der Waals surface area contributed by atoms with Crippen LogP contribution in [0.4, 0.5) is 0 Å². The number of carbonyl (C=O) groups is 1. The van der Waals surface area contributed by atoms with E-state index >= 15 is 0 Å². The van der Waals surface area contributed by atoms with Crippen LogP contribution >= 0.6 is 11.8 Å². The monoisotopic (exact) mass is 284 g/mol. The lowest BCUT2D eigenvalue weighted by molar-refractivity contribution is 0.0659. The lowest BCUT2D eigenvalue weighted by atomic mass is 10.2. The van der Waals surface area contributed by atoms with E-state index in [0.29, 0.717) is 17.9 Å². The highest BCUT2D eigenvalue weighted by Gasteiger charge is 2.14. The van der Waals surface area contributed by atoms with Crippen molar-refractivity contribution < 1.29 is 14.3 Å². The van der Waals surface area contributed by atoms with Crippen LogP contribution in [0.3, 0.4) is 0 Å². The van der Waals surface area contributed by atoms with Gasteiger partial charge < -0.3 is 19.7 Å². The minimum atomic E-state index is -1.01. The van der Waals surface area contributed by atoms with Gasteiger partial charge in [-0.15, -0.1) is 0 Å². The molecule has 5 nitrogen and oxygen atoms in total. The van der Waals surface area contributed by atoms with E-state index in [2.05, 4.69) is 10.2 Å². The van der Waals surface area contributed by atoms with Crippen molar-refractivity contribution in [2.24, 2.45) is 0 Å². The summed E-state index contributed by atoms with van der Waals surface area (Å²) < 4.78 is 5.29. The Kier molecular flexibility index (Phi) is 5.30. The van der Waals surface area contributed by atoms with Gasteiger partial charge in [-0.1, -0.05) is 0 Å². The molecule has 0 spiro atoms. The molecule has 1 fully saturated rings. The first-order valence-electron chi connectivity index (χ1n) is 6.50. The minimum absolute atomic E-state index is 0.0462. The fraction of sp³-hybridized carbons (Fsp3) is 0.615. The number of hydrogen-bond acceptors (Lipinski definition) is 5. The zero-order valence-electron chi connectivity index (χ0n) is 11.1. The maximum Gasteiger partial charge on any atom is 0.372 e. The highest BCUT2D eigenvalue weighted by Crippen LogP contribution is 2.14. The predicted molar refractivity (Wildman–Crippen MR) is 75.9 cm³/mol.